The number of fused-ring (bicyclic) bond motifs is 1. The molecule has 0 saturated carbocycles. The second-order valence-electron chi connectivity index (χ2n) is 10.8. The average molecular weight is 615 g/mol. The van der Waals surface area contributed by atoms with Gasteiger partial charge in [0.25, 0.3) is 5.91 Å². The Kier molecular flexibility index (Phi) is 9.06. The van der Waals surface area contributed by atoms with Crippen molar-refractivity contribution in [1.82, 2.24) is 29.9 Å². The number of carbonyl (C=O) groups is 4. The number of alkyl carbamates (subject to hydrolysis) is 1. The van der Waals surface area contributed by atoms with Crippen LogP contribution in [0.2, 0.25) is 0 Å². The van der Waals surface area contributed by atoms with Gasteiger partial charge < -0.3 is 34.3 Å². The minimum absolute atomic E-state index is 0.0206. The van der Waals surface area contributed by atoms with E-state index in [1.54, 1.807) is 16.8 Å². The Morgan fingerprint density at radius 1 is 1.11 bits per heavy atom. The van der Waals surface area contributed by atoms with E-state index in [1.165, 1.54) is 22.2 Å². The SMILES string of the molecule is CC(C)COC(=O)NCC1CN(c2cc(F)c(N3CCN(C(=O)CNC(=O)c4cn5ccncc5n4)CC3)c(F)c2)C(=O)O1. The highest BCUT2D eigenvalue weighted by Crippen LogP contribution is 2.31. The Morgan fingerprint density at radius 3 is 2.52 bits per heavy atom. The Labute approximate surface area is 250 Å². The van der Waals surface area contributed by atoms with Crippen molar-refractivity contribution >= 4 is 41.0 Å². The maximum Gasteiger partial charge on any atom is 0.414 e. The largest absolute Gasteiger partial charge is 0.449 e. The van der Waals surface area contributed by atoms with Crippen LogP contribution < -0.4 is 20.4 Å². The summed E-state index contributed by atoms with van der Waals surface area (Å²) in [5, 5.41) is 5.06. The molecule has 1 atom stereocenters. The number of anilines is 2. The summed E-state index contributed by atoms with van der Waals surface area (Å²) in [6.07, 6.45) is 4.06. The first-order valence-electron chi connectivity index (χ1n) is 14.1. The van der Waals surface area contributed by atoms with Gasteiger partial charge in [-0.15, -0.1) is 0 Å². The summed E-state index contributed by atoms with van der Waals surface area (Å²) in [5.41, 5.74) is 0.339. The second-order valence-corrected chi connectivity index (χ2v) is 10.8. The van der Waals surface area contributed by atoms with Crippen LogP contribution in [0.5, 0.6) is 0 Å². The monoisotopic (exact) mass is 614 g/mol. The van der Waals surface area contributed by atoms with Crippen LogP contribution in [-0.2, 0) is 14.3 Å². The molecule has 2 fully saturated rings. The highest BCUT2D eigenvalue weighted by atomic mass is 19.1. The molecule has 0 spiro atoms. The molecule has 2 aliphatic heterocycles. The average Bonchev–Trinajstić information content (AvgIpc) is 3.61. The molecule has 2 aliphatic rings. The second kappa shape index (κ2) is 13.1. The van der Waals surface area contributed by atoms with Crippen molar-refractivity contribution in [3.8, 4) is 0 Å². The molecule has 234 valence electrons. The van der Waals surface area contributed by atoms with Gasteiger partial charge >= 0.3 is 12.2 Å². The molecular weight excluding hydrogens is 582 g/mol. The minimum atomic E-state index is -0.874. The van der Waals surface area contributed by atoms with Crippen LogP contribution in [0.1, 0.15) is 24.3 Å². The number of nitrogens with one attached hydrogen (secondary N) is 2. The zero-order chi connectivity index (χ0) is 31.4. The minimum Gasteiger partial charge on any atom is -0.449 e. The van der Waals surface area contributed by atoms with Gasteiger partial charge in [0.2, 0.25) is 5.91 Å². The van der Waals surface area contributed by atoms with Crippen molar-refractivity contribution in [3.05, 3.63) is 54.2 Å². The number of benzene rings is 1. The molecule has 1 unspecified atom stereocenters. The summed E-state index contributed by atoms with van der Waals surface area (Å²) in [5.74, 6) is -2.45. The summed E-state index contributed by atoms with van der Waals surface area (Å²) in [7, 11) is 0. The molecule has 16 heteroatoms. The molecule has 5 rings (SSSR count). The van der Waals surface area contributed by atoms with Gasteiger partial charge in [-0.05, 0) is 5.92 Å². The predicted octanol–water partition coefficient (Wildman–Crippen LogP) is 1.79. The van der Waals surface area contributed by atoms with Gasteiger partial charge in [-0.25, -0.2) is 23.4 Å². The van der Waals surface area contributed by atoms with E-state index in [2.05, 4.69) is 20.6 Å². The number of aromatic nitrogens is 3. The number of piperazine rings is 1. The molecule has 1 aromatic carbocycles. The Hall–Kier alpha value is -5.02. The standard InChI is InChI=1S/C28H32F2N8O6/c1-17(2)16-43-27(41)33-11-19-14-38(28(42)44-19)18-9-20(29)25(21(30)10-18)36-7-5-35(6-8-36)24(39)13-32-26(40)22-15-37-4-3-31-12-23(37)34-22/h3-4,9-10,12,15,17,19H,5-8,11,13-14,16H2,1-2H3,(H,32,40)(H,33,41). The van der Waals surface area contributed by atoms with E-state index in [0.717, 1.165) is 17.0 Å². The fraction of sp³-hybridized carbons (Fsp3) is 0.429. The van der Waals surface area contributed by atoms with Crippen LogP contribution in [0.15, 0.2) is 36.9 Å². The lowest BCUT2D eigenvalue weighted by atomic mass is 10.2. The fourth-order valence-corrected chi connectivity index (χ4v) is 4.83. The smallest absolute Gasteiger partial charge is 0.414 e. The molecule has 14 nitrogen and oxygen atoms in total. The van der Waals surface area contributed by atoms with Crippen molar-refractivity contribution in [1.29, 1.82) is 0 Å². The number of ether oxygens (including phenoxy) is 2. The Morgan fingerprint density at radius 2 is 1.84 bits per heavy atom. The third-order valence-electron chi connectivity index (χ3n) is 7.05. The van der Waals surface area contributed by atoms with Crippen molar-refractivity contribution in [2.24, 2.45) is 5.92 Å². The molecule has 4 amide bonds. The number of hydrogen-bond donors (Lipinski definition) is 2. The van der Waals surface area contributed by atoms with Crippen LogP contribution >= 0.6 is 0 Å². The van der Waals surface area contributed by atoms with Gasteiger partial charge in [0.05, 0.1) is 38.1 Å². The van der Waals surface area contributed by atoms with Crippen LogP contribution in [0.4, 0.5) is 29.7 Å². The number of imidazole rings is 1. The number of carbonyl (C=O) groups excluding carboxylic acids is 4. The summed E-state index contributed by atoms with van der Waals surface area (Å²) in [6, 6.07) is 2.10. The molecule has 0 radical (unpaired) electrons. The number of amides is 4. The quantitative estimate of drug-likeness (QED) is 0.368. The molecule has 0 aliphatic carbocycles. The van der Waals surface area contributed by atoms with E-state index >= 15 is 8.78 Å². The number of nitrogens with zero attached hydrogens (tertiary/aromatic N) is 6. The van der Waals surface area contributed by atoms with Gasteiger partial charge in [0.1, 0.15) is 17.5 Å². The van der Waals surface area contributed by atoms with Crippen molar-refractivity contribution in [3.63, 3.8) is 0 Å². The molecule has 0 bridgehead atoms. The zero-order valence-corrected chi connectivity index (χ0v) is 24.2. The molecule has 2 N–H and O–H groups in total. The number of rotatable bonds is 9. The van der Waals surface area contributed by atoms with Gasteiger partial charge in [-0.2, -0.15) is 0 Å². The Bertz CT molecular complexity index is 1500. The zero-order valence-electron chi connectivity index (χ0n) is 24.2. The molecule has 4 heterocycles. The topological polar surface area (TPSA) is 151 Å². The van der Waals surface area contributed by atoms with Crippen LogP contribution in [0, 0.1) is 17.6 Å². The van der Waals surface area contributed by atoms with Crippen molar-refractivity contribution < 1.29 is 37.4 Å². The van der Waals surface area contributed by atoms with E-state index in [0.29, 0.717) is 5.65 Å². The molecule has 3 aromatic rings. The summed E-state index contributed by atoms with van der Waals surface area (Å²) < 4.78 is 42.3. The fourth-order valence-electron chi connectivity index (χ4n) is 4.83. The number of hydrogen-bond acceptors (Lipinski definition) is 9. The normalized spacial score (nSPS) is 16.8. The summed E-state index contributed by atoms with van der Waals surface area (Å²) in [4.78, 5) is 61.5. The van der Waals surface area contributed by atoms with Gasteiger partial charge in [-0.1, -0.05) is 13.8 Å². The van der Waals surface area contributed by atoms with E-state index in [1.807, 2.05) is 13.8 Å². The van der Waals surface area contributed by atoms with Crippen molar-refractivity contribution in [2.45, 2.75) is 20.0 Å². The van der Waals surface area contributed by atoms with Crippen LogP contribution in [-0.4, -0.2) is 102 Å². The van der Waals surface area contributed by atoms with Gasteiger partial charge in [-0.3, -0.25) is 19.5 Å². The third kappa shape index (κ3) is 6.95. The first kappa shape index (κ1) is 30.4. The van der Waals surface area contributed by atoms with E-state index in [9.17, 15) is 19.2 Å². The first-order valence-corrected chi connectivity index (χ1v) is 14.1. The van der Waals surface area contributed by atoms with Crippen LogP contribution in [0.25, 0.3) is 5.65 Å². The maximum atomic E-state index is 15.2. The lowest BCUT2D eigenvalue weighted by Gasteiger charge is -2.36. The summed E-state index contributed by atoms with van der Waals surface area (Å²) in [6.45, 7) is 4.39. The molecule has 2 saturated heterocycles. The molecule has 2 aromatic heterocycles. The first-order chi connectivity index (χ1) is 21.1. The van der Waals surface area contributed by atoms with Crippen LogP contribution in [0.3, 0.4) is 0 Å². The van der Waals surface area contributed by atoms with E-state index < -0.39 is 35.8 Å². The van der Waals surface area contributed by atoms with Crippen molar-refractivity contribution in [2.75, 3.05) is 62.2 Å². The Balaban J connectivity index is 1.12. The number of halogens is 2. The lowest BCUT2D eigenvalue weighted by Crippen LogP contribution is -2.51. The van der Waals surface area contributed by atoms with Gasteiger partial charge in [0, 0.05) is 56.9 Å². The number of cyclic esters (lactones) is 1. The highest BCUT2D eigenvalue weighted by molar-refractivity contribution is 5.95. The molecular formula is C28H32F2N8O6. The third-order valence-corrected chi connectivity index (χ3v) is 7.05. The summed E-state index contributed by atoms with van der Waals surface area (Å²) >= 11 is 0. The predicted molar refractivity (Wildman–Crippen MR) is 152 cm³/mol. The van der Waals surface area contributed by atoms with Gasteiger partial charge in [0.15, 0.2) is 17.3 Å². The lowest BCUT2D eigenvalue weighted by molar-refractivity contribution is -0.130. The van der Waals surface area contributed by atoms with E-state index in [-0.39, 0.29) is 81.3 Å². The molecule has 44 heavy (non-hydrogen) atoms. The maximum absolute atomic E-state index is 15.2. The highest BCUT2D eigenvalue weighted by Gasteiger charge is 2.34. The van der Waals surface area contributed by atoms with E-state index in [4.69, 9.17) is 9.47 Å².